The number of hydrogen-bond donors (Lipinski definition) is 0. The number of aromatic nitrogens is 2. The summed E-state index contributed by atoms with van der Waals surface area (Å²) < 4.78 is 5.31. The summed E-state index contributed by atoms with van der Waals surface area (Å²) in [5, 5.41) is 0.454. The van der Waals surface area contributed by atoms with E-state index in [2.05, 4.69) is 9.97 Å². The van der Waals surface area contributed by atoms with E-state index in [-0.39, 0.29) is 5.91 Å². The summed E-state index contributed by atoms with van der Waals surface area (Å²) >= 11 is 6.22. The van der Waals surface area contributed by atoms with Gasteiger partial charge in [0.2, 0.25) is 11.9 Å². The van der Waals surface area contributed by atoms with Gasteiger partial charge >= 0.3 is 0 Å². The van der Waals surface area contributed by atoms with Crippen LogP contribution in [0.15, 0.2) is 0 Å². The van der Waals surface area contributed by atoms with Crippen molar-refractivity contribution in [2.45, 2.75) is 13.3 Å². The Morgan fingerprint density at radius 2 is 2.00 bits per heavy atom. The summed E-state index contributed by atoms with van der Waals surface area (Å²) in [6.07, 6.45) is 0.719. The summed E-state index contributed by atoms with van der Waals surface area (Å²) in [5.74, 6) is 1.23. The summed E-state index contributed by atoms with van der Waals surface area (Å²) in [5.41, 5.74) is 0.869. The molecule has 2 aliphatic rings. The number of ether oxygens (including phenoxy) is 1. The lowest BCUT2D eigenvalue weighted by molar-refractivity contribution is -0.116. The van der Waals surface area contributed by atoms with Crippen LogP contribution in [0.1, 0.15) is 12.5 Å². The molecule has 0 aromatic carbocycles. The molecule has 1 aromatic heterocycles. The number of amides is 1. The first-order valence-corrected chi connectivity index (χ1v) is 6.72. The second-order valence-corrected chi connectivity index (χ2v) is 4.99. The van der Waals surface area contributed by atoms with Crippen LogP contribution in [0, 0.1) is 0 Å². The van der Waals surface area contributed by atoms with E-state index in [1.54, 1.807) is 11.8 Å². The number of morpholine rings is 1. The predicted octanol–water partition coefficient (Wildman–Crippen LogP) is 0.876. The van der Waals surface area contributed by atoms with Crippen molar-refractivity contribution < 1.29 is 9.53 Å². The second-order valence-electron chi connectivity index (χ2n) is 4.64. The highest BCUT2D eigenvalue weighted by Gasteiger charge is 2.28. The van der Waals surface area contributed by atoms with Gasteiger partial charge in [0.1, 0.15) is 11.0 Å². The minimum absolute atomic E-state index is 0.0126. The number of nitrogens with zero attached hydrogens (tertiary/aromatic N) is 4. The zero-order chi connectivity index (χ0) is 13.4. The normalized spacial score (nSPS) is 18.6. The first-order chi connectivity index (χ1) is 9.16. The van der Waals surface area contributed by atoms with Crippen LogP contribution in [0.25, 0.3) is 0 Å². The fraction of sp³-hybridized carbons (Fsp3) is 0.583. The third kappa shape index (κ3) is 2.26. The van der Waals surface area contributed by atoms with E-state index in [1.165, 1.54) is 0 Å². The fourth-order valence-electron chi connectivity index (χ4n) is 2.41. The lowest BCUT2D eigenvalue weighted by Crippen LogP contribution is -2.37. The first kappa shape index (κ1) is 12.6. The van der Waals surface area contributed by atoms with Gasteiger partial charge in [-0.05, 0) is 6.42 Å². The van der Waals surface area contributed by atoms with Gasteiger partial charge in [0.25, 0.3) is 0 Å². The van der Waals surface area contributed by atoms with E-state index >= 15 is 0 Å². The van der Waals surface area contributed by atoms with Crippen LogP contribution >= 0.6 is 11.6 Å². The van der Waals surface area contributed by atoms with Crippen LogP contribution in [0.3, 0.4) is 0 Å². The van der Waals surface area contributed by atoms with Crippen LogP contribution < -0.4 is 9.80 Å². The van der Waals surface area contributed by atoms with Crippen LogP contribution in [-0.2, 0) is 16.0 Å². The van der Waals surface area contributed by atoms with E-state index < -0.39 is 0 Å². The third-order valence-electron chi connectivity index (χ3n) is 3.44. The Balaban J connectivity index is 1.97. The molecule has 7 heteroatoms. The van der Waals surface area contributed by atoms with E-state index in [4.69, 9.17) is 16.3 Å². The Morgan fingerprint density at radius 3 is 2.68 bits per heavy atom. The molecule has 0 atom stereocenters. The van der Waals surface area contributed by atoms with E-state index in [0.29, 0.717) is 36.7 Å². The van der Waals surface area contributed by atoms with Gasteiger partial charge in [-0.2, -0.15) is 4.98 Å². The number of fused-ring (bicyclic) bond motifs is 1. The Kier molecular flexibility index (Phi) is 3.28. The van der Waals surface area contributed by atoms with Crippen molar-refractivity contribution in [3.8, 4) is 0 Å². The molecule has 1 amide bonds. The number of halogens is 1. The molecule has 102 valence electrons. The van der Waals surface area contributed by atoms with Crippen molar-refractivity contribution in [3.05, 3.63) is 10.7 Å². The van der Waals surface area contributed by atoms with Gasteiger partial charge in [-0.25, -0.2) is 4.98 Å². The molecule has 3 heterocycles. The van der Waals surface area contributed by atoms with E-state index in [9.17, 15) is 4.79 Å². The zero-order valence-electron chi connectivity index (χ0n) is 10.7. The summed E-state index contributed by atoms with van der Waals surface area (Å²) in [6.45, 7) is 4.98. The van der Waals surface area contributed by atoms with Gasteiger partial charge in [0, 0.05) is 32.1 Å². The molecular weight excluding hydrogens is 268 g/mol. The molecule has 6 nitrogen and oxygen atoms in total. The Labute approximate surface area is 116 Å². The molecule has 0 N–H and O–H groups in total. The molecule has 0 radical (unpaired) electrons. The smallest absolute Gasteiger partial charge is 0.228 e. The monoisotopic (exact) mass is 282 g/mol. The minimum atomic E-state index is -0.0126. The SMILES string of the molecule is CC(=O)N1CCc2c(Cl)nc(N3CCOCC3)nc21. The lowest BCUT2D eigenvalue weighted by Gasteiger charge is -2.27. The van der Waals surface area contributed by atoms with Gasteiger partial charge in [-0.3, -0.25) is 9.69 Å². The van der Waals surface area contributed by atoms with Gasteiger partial charge in [-0.1, -0.05) is 11.6 Å². The Morgan fingerprint density at radius 1 is 1.26 bits per heavy atom. The van der Waals surface area contributed by atoms with Gasteiger partial charge < -0.3 is 9.64 Å². The van der Waals surface area contributed by atoms with Crippen molar-refractivity contribution in [3.63, 3.8) is 0 Å². The maximum Gasteiger partial charge on any atom is 0.228 e. The highest BCUT2D eigenvalue weighted by atomic mass is 35.5. The molecule has 3 rings (SSSR count). The maximum atomic E-state index is 11.6. The largest absolute Gasteiger partial charge is 0.378 e. The Bertz CT molecular complexity index is 517. The van der Waals surface area contributed by atoms with Gasteiger partial charge in [0.15, 0.2) is 0 Å². The standard InChI is InChI=1S/C12H15ClN4O2/c1-8(18)17-3-2-9-10(13)14-12(15-11(9)17)16-4-6-19-7-5-16/h2-7H2,1H3. The molecule has 0 spiro atoms. The van der Waals surface area contributed by atoms with Gasteiger partial charge in [0.05, 0.1) is 13.2 Å². The molecule has 0 unspecified atom stereocenters. The molecule has 0 bridgehead atoms. The molecular formula is C12H15ClN4O2. The van der Waals surface area contributed by atoms with Crippen molar-refractivity contribution >= 4 is 29.3 Å². The van der Waals surface area contributed by atoms with Crippen LogP contribution in [0.5, 0.6) is 0 Å². The highest BCUT2D eigenvalue weighted by Crippen LogP contribution is 2.32. The van der Waals surface area contributed by atoms with Gasteiger partial charge in [-0.15, -0.1) is 0 Å². The summed E-state index contributed by atoms with van der Waals surface area (Å²) in [6, 6.07) is 0. The van der Waals surface area contributed by atoms with Crippen molar-refractivity contribution in [1.29, 1.82) is 0 Å². The molecule has 0 saturated carbocycles. The fourth-order valence-corrected chi connectivity index (χ4v) is 2.67. The molecule has 1 saturated heterocycles. The number of carbonyl (C=O) groups excluding carboxylic acids is 1. The lowest BCUT2D eigenvalue weighted by atomic mass is 10.3. The topological polar surface area (TPSA) is 58.6 Å². The molecule has 2 aliphatic heterocycles. The van der Waals surface area contributed by atoms with Crippen LogP contribution in [-0.4, -0.2) is 48.7 Å². The first-order valence-electron chi connectivity index (χ1n) is 6.34. The molecule has 0 aliphatic carbocycles. The second kappa shape index (κ2) is 4.94. The maximum absolute atomic E-state index is 11.6. The van der Waals surface area contributed by atoms with Crippen molar-refractivity contribution in [1.82, 2.24) is 9.97 Å². The molecule has 19 heavy (non-hydrogen) atoms. The van der Waals surface area contributed by atoms with E-state index in [1.807, 2.05) is 4.90 Å². The average molecular weight is 283 g/mol. The van der Waals surface area contributed by atoms with Crippen molar-refractivity contribution in [2.24, 2.45) is 0 Å². The summed E-state index contributed by atoms with van der Waals surface area (Å²) in [7, 11) is 0. The van der Waals surface area contributed by atoms with Crippen LogP contribution in [0.4, 0.5) is 11.8 Å². The Hall–Kier alpha value is -1.40. The summed E-state index contributed by atoms with van der Waals surface area (Å²) in [4.78, 5) is 24.2. The number of hydrogen-bond acceptors (Lipinski definition) is 5. The van der Waals surface area contributed by atoms with Crippen molar-refractivity contribution in [2.75, 3.05) is 42.6 Å². The molecule has 1 aromatic rings. The number of anilines is 2. The zero-order valence-corrected chi connectivity index (χ0v) is 11.5. The van der Waals surface area contributed by atoms with Crippen LogP contribution in [0.2, 0.25) is 5.15 Å². The average Bonchev–Trinajstić information content (AvgIpc) is 2.84. The van der Waals surface area contributed by atoms with E-state index in [0.717, 1.165) is 25.1 Å². The number of rotatable bonds is 1. The third-order valence-corrected chi connectivity index (χ3v) is 3.75. The minimum Gasteiger partial charge on any atom is -0.378 e. The predicted molar refractivity (Wildman–Crippen MR) is 71.8 cm³/mol. The highest BCUT2D eigenvalue weighted by molar-refractivity contribution is 6.30. The molecule has 1 fully saturated rings. The number of carbonyl (C=O) groups is 1. The quantitative estimate of drug-likeness (QED) is 0.716.